The number of rotatable bonds is 1. The molecule has 0 bridgehead atoms. The van der Waals surface area contributed by atoms with Crippen LogP contribution in [0.5, 0.6) is 0 Å². The normalized spacial score (nSPS) is 28.4. The second-order valence-electron chi connectivity index (χ2n) is 5.85. The minimum atomic E-state index is -0.985. The standard InChI is InChI=1S/C18H22O3/c1-13-7-6-8-14(2)18(13,20)12-11-15-9-4-5-10-16(15)17(19)21-3/h4-5,9-10,13-14,20H,6-8H2,1-3H3/t13-,14+,18?. The number of carbonyl (C=O) groups excluding carboxylic acids is 1. The van der Waals surface area contributed by atoms with Crippen molar-refractivity contribution in [2.24, 2.45) is 11.8 Å². The van der Waals surface area contributed by atoms with Crippen molar-refractivity contribution in [2.75, 3.05) is 7.11 Å². The lowest BCUT2D eigenvalue weighted by Crippen LogP contribution is -2.44. The van der Waals surface area contributed by atoms with Crippen LogP contribution in [0, 0.1) is 23.7 Å². The molecule has 0 heterocycles. The Morgan fingerprint density at radius 3 is 2.52 bits per heavy atom. The molecular weight excluding hydrogens is 264 g/mol. The summed E-state index contributed by atoms with van der Waals surface area (Å²) in [4.78, 5) is 11.7. The van der Waals surface area contributed by atoms with Crippen molar-refractivity contribution in [2.45, 2.75) is 38.7 Å². The zero-order valence-electron chi connectivity index (χ0n) is 12.8. The highest BCUT2D eigenvalue weighted by molar-refractivity contribution is 5.92. The molecule has 21 heavy (non-hydrogen) atoms. The van der Waals surface area contributed by atoms with Gasteiger partial charge < -0.3 is 9.84 Å². The van der Waals surface area contributed by atoms with Gasteiger partial charge in [-0.2, -0.15) is 0 Å². The molecule has 1 unspecified atom stereocenters. The zero-order valence-corrected chi connectivity index (χ0v) is 12.8. The second-order valence-corrected chi connectivity index (χ2v) is 5.85. The Balaban J connectivity index is 2.36. The lowest BCUT2D eigenvalue weighted by molar-refractivity contribution is -0.0314. The topological polar surface area (TPSA) is 46.5 Å². The Morgan fingerprint density at radius 2 is 1.90 bits per heavy atom. The van der Waals surface area contributed by atoms with Gasteiger partial charge in [0, 0.05) is 5.56 Å². The van der Waals surface area contributed by atoms with Crippen molar-refractivity contribution in [1.82, 2.24) is 0 Å². The minimum Gasteiger partial charge on any atom is -0.465 e. The van der Waals surface area contributed by atoms with E-state index < -0.39 is 11.6 Å². The van der Waals surface area contributed by atoms with Crippen molar-refractivity contribution in [3.8, 4) is 11.8 Å². The molecule has 2 rings (SSSR count). The SMILES string of the molecule is COC(=O)c1ccccc1C#CC1(O)[C@H](C)CCC[C@@H]1C. The smallest absolute Gasteiger partial charge is 0.339 e. The van der Waals surface area contributed by atoms with Gasteiger partial charge in [0.25, 0.3) is 0 Å². The first kappa shape index (κ1) is 15.6. The zero-order chi connectivity index (χ0) is 15.5. The summed E-state index contributed by atoms with van der Waals surface area (Å²) in [5, 5.41) is 10.9. The highest BCUT2D eigenvalue weighted by atomic mass is 16.5. The molecule has 1 saturated carbocycles. The van der Waals surface area contributed by atoms with Gasteiger partial charge in [0.05, 0.1) is 12.7 Å². The van der Waals surface area contributed by atoms with Gasteiger partial charge in [-0.1, -0.05) is 44.2 Å². The fourth-order valence-electron chi connectivity index (χ4n) is 2.95. The van der Waals surface area contributed by atoms with Crippen LogP contribution in [0.4, 0.5) is 0 Å². The van der Waals surface area contributed by atoms with Crippen LogP contribution in [-0.4, -0.2) is 23.8 Å². The van der Waals surface area contributed by atoms with Crippen LogP contribution in [0.3, 0.4) is 0 Å². The number of esters is 1. The lowest BCUT2D eigenvalue weighted by Gasteiger charge is -2.39. The molecule has 0 radical (unpaired) electrons. The highest BCUT2D eigenvalue weighted by Gasteiger charge is 2.40. The van der Waals surface area contributed by atoms with Crippen molar-refractivity contribution < 1.29 is 14.6 Å². The Bertz CT molecular complexity index is 570. The number of hydrogen-bond acceptors (Lipinski definition) is 3. The van der Waals surface area contributed by atoms with E-state index in [1.165, 1.54) is 7.11 Å². The van der Waals surface area contributed by atoms with Crippen molar-refractivity contribution in [3.63, 3.8) is 0 Å². The Kier molecular flexibility index (Phi) is 4.69. The number of hydrogen-bond donors (Lipinski definition) is 1. The van der Waals surface area contributed by atoms with E-state index in [1.807, 2.05) is 19.9 Å². The number of ether oxygens (including phenoxy) is 1. The largest absolute Gasteiger partial charge is 0.465 e. The highest BCUT2D eigenvalue weighted by Crippen LogP contribution is 2.37. The van der Waals surface area contributed by atoms with E-state index in [0.717, 1.165) is 19.3 Å². The third kappa shape index (κ3) is 3.11. The summed E-state index contributed by atoms with van der Waals surface area (Å²) in [5.41, 5.74) is 0.0524. The van der Waals surface area contributed by atoms with Gasteiger partial charge in [0.2, 0.25) is 0 Å². The van der Waals surface area contributed by atoms with Gasteiger partial charge >= 0.3 is 5.97 Å². The molecule has 1 fully saturated rings. The first-order valence-electron chi connectivity index (χ1n) is 7.42. The van der Waals surface area contributed by atoms with E-state index in [-0.39, 0.29) is 11.8 Å². The van der Waals surface area contributed by atoms with Crippen LogP contribution in [0.15, 0.2) is 24.3 Å². The maximum Gasteiger partial charge on any atom is 0.339 e. The molecule has 1 aliphatic carbocycles. The summed E-state index contributed by atoms with van der Waals surface area (Å²) < 4.78 is 4.77. The monoisotopic (exact) mass is 286 g/mol. The molecule has 3 atom stereocenters. The van der Waals surface area contributed by atoms with Gasteiger partial charge in [-0.05, 0) is 36.8 Å². The van der Waals surface area contributed by atoms with Crippen molar-refractivity contribution in [3.05, 3.63) is 35.4 Å². The van der Waals surface area contributed by atoms with Crippen LogP contribution in [0.1, 0.15) is 49.0 Å². The number of carbonyl (C=O) groups is 1. The van der Waals surface area contributed by atoms with Crippen LogP contribution in [0.25, 0.3) is 0 Å². The summed E-state index contributed by atoms with van der Waals surface area (Å²) in [7, 11) is 1.35. The molecule has 3 nitrogen and oxygen atoms in total. The molecule has 112 valence electrons. The molecule has 1 aliphatic rings. The maximum atomic E-state index is 11.7. The van der Waals surface area contributed by atoms with Crippen LogP contribution in [-0.2, 0) is 4.74 Å². The first-order chi connectivity index (χ1) is 9.99. The number of methoxy groups -OCH3 is 1. The van der Waals surface area contributed by atoms with E-state index in [9.17, 15) is 9.90 Å². The molecule has 1 aromatic rings. The van der Waals surface area contributed by atoms with Crippen molar-refractivity contribution in [1.29, 1.82) is 0 Å². The molecule has 0 saturated heterocycles. The number of benzene rings is 1. The fourth-order valence-corrected chi connectivity index (χ4v) is 2.95. The summed E-state index contributed by atoms with van der Waals surface area (Å²) in [6.45, 7) is 4.08. The third-order valence-corrected chi connectivity index (χ3v) is 4.51. The maximum absolute atomic E-state index is 11.7. The summed E-state index contributed by atoms with van der Waals surface area (Å²) in [6, 6.07) is 7.07. The third-order valence-electron chi connectivity index (χ3n) is 4.51. The molecule has 1 aromatic carbocycles. The Morgan fingerprint density at radius 1 is 1.29 bits per heavy atom. The van der Waals surface area contributed by atoms with Crippen LogP contribution < -0.4 is 0 Å². The summed E-state index contributed by atoms with van der Waals surface area (Å²) in [5.74, 6) is 5.90. The molecule has 0 spiro atoms. The average molecular weight is 286 g/mol. The first-order valence-corrected chi connectivity index (χ1v) is 7.42. The second kappa shape index (κ2) is 6.32. The lowest BCUT2D eigenvalue weighted by atomic mass is 9.70. The van der Waals surface area contributed by atoms with Gasteiger partial charge in [0.15, 0.2) is 0 Å². The Hall–Kier alpha value is -1.79. The average Bonchev–Trinajstić information content (AvgIpc) is 2.50. The van der Waals surface area contributed by atoms with E-state index in [1.54, 1.807) is 18.2 Å². The van der Waals surface area contributed by atoms with Crippen molar-refractivity contribution >= 4 is 5.97 Å². The van der Waals surface area contributed by atoms with Gasteiger partial charge in [-0.25, -0.2) is 4.79 Å². The molecular formula is C18H22O3. The minimum absolute atomic E-state index is 0.138. The van der Waals surface area contributed by atoms with E-state index in [4.69, 9.17) is 4.74 Å². The van der Waals surface area contributed by atoms with Crippen LogP contribution in [0.2, 0.25) is 0 Å². The molecule has 1 N–H and O–H groups in total. The Labute approximate surface area is 126 Å². The summed E-state index contributed by atoms with van der Waals surface area (Å²) in [6.07, 6.45) is 3.09. The summed E-state index contributed by atoms with van der Waals surface area (Å²) >= 11 is 0. The van der Waals surface area contributed by atoms with E-state index >= 15 is 0 Å². The predicted octanol–water partition coefficient (Wildman–Crippen LogP) is 3.01. The van der Waals surface area contributed by atoms with Gasteiger partial charge in [-0.15, -0.1) is 0 Å². The molecule has 3 heteroatoms. The van der Waals surface area contributed by atoms with Crippen LogP contribution >= 0.6 is 0 Å². The van der Waals surface area contributed by atoms with Gasteiger partial charge in [-0.3, -0.25) is 0 Å². The fraction of sp³-hybridized carbons (Fsp3) is 0.500. The quantitative estimate of drug-likeness (QED) is 0.637. The van der Waals surface area contributed by atoms with E-state index in [0.29, 0.717) is 11.1 Å². The number of aliphatic hydroxyl groups is 1. The molecule has 0 aliphatic heterocycles. The molecule has 0 aromatic heterocycles. The molecule has 0 amide bonds. The predicted molar refractivity (Wildman–Crippen MR) is 81.8 cm³/mol. The van der Waals surface area contributed by atoms with E-state index in [2.05, 4.69) is 11.8 Å². The van der Waals surface area contributed by atoms with Gasteiger partial charge in [0.1, 0.15) is 5.60 Å².